The van der Waals surface area contributed by atoms with E-state index >= 15 is 0 Å². The third-order valence-corrected chi connectivity index (χ3v) is 4.98. The van der Waals surface area contributed by atoms with E-state index in [-0.39, 0.29) is 0 Å². The topological polar surface area (TPSA) is 0 Å². The molecule has 23 heavy (non-hydrogen) atoms. The summed E-state index contributed by atoms with van der Waals surface area (Å²) in [6.07, 6.45) is 19.8. The minimum Gasteiger partial charge on any atom is -0.0654 e. The van der Waals surface area contributed by atoms with Crippen LogP contribution < -0.4 is 0 Å². The van der Waals surface area contributed by atoms with Gasteiger partial charge in [0, 0.05) is 0 Å². The van der Waals surface area contributed by atoms with Gasteiger partial charge in [0.05, 0.1) is 0 Å². The molecule has 0 fully saturated rings. The summed E-state index contributed by atoms with van der Waals surface area (Å²) in [6.45, 7) is 4.71. The molecule has 0 spiro atoms. The van der Waals surface area contributed by atoms with Crippen molar-refractivity contribution in [3.8, 4) is 0 Å². The third kappa shape index (κ3) is 12.3. The first-order chi connectivity index (χ1) is 11.3. The molecule has 1 unspecified atom stereocenters. The summed E-state index contributed by atoms with van der Waals surface area (Å²) >= 11 is 0. The van der Waals surface area contributed by atoms with Crippen LogP contribution in [0.1, 0.15) is 103 Å². The minimum absolute atomic E-state index is 0.863. The molecule has 0 saturated carbocycles. The number of hydrogen-bond acceptors (Lipinski definition) is 0. The number of unbranched alkanes of at least 4 members (excludes halogenated alkanes) is 10. The Morgan fingerprint density at radius 2 is 1.39 bits per heavy atom. The third-order valence-electron chi connectivity index (χ3n) is 4.98. The van der Waals surface area contributed by atoms with Crippen molar-refractivity contribution in [2.24, 2.45) is 5.92 Å². The zero-order chi connectivity index (χ0) is 16.6. The monoisotopic (exact) mass is 315 g/mol. The summed E-state index contributed by atoms with van der Waals surface area (Å²) in [4.78, 5) is 0. The maximum absolute atomic E-state index is 3.34. The highest BCUT2D eigenvalue weighted by atomic mass is 14.1. The molecule has 1 radical (unpaired) electrons. The predicted octanol–water partition coefficient (Wildman–Crippen LogP) is 7.76. The van der Waals surface area contributed by atoms with Crippen molar-refractivity contribution in [3.05, 3.63) is 35.9 Å². The molecule has 0 bridgehead atoms. The summed E-state index contributed by atoms with van der Waals surface area (Å²) in [7, 11) is 0. The molecule has 0 nitrogen and oxygen atoms in total. The van der Waals surface area contributed by atoms with E-state index in [1.54, 1.807) is 0 Å². The van der Waals surface area contributed by atoms with Gasteiger partial charge in [-0.1, -0.05) is 115 Å². The minimum atomic E-state index is 0.863. The fourth-order valence-electron chi connectivity index (χ4n) is 3.29. The highest BCUT2D eigenvalue weighted by Gasteiger charge is 2.03. The van der Waals surface area contributed by atoms with Crippen LogP contribution in [0.2, 0.25) is 0 Å². The quantitative estimate of drug-likeness (QED) is 0.290. The maximum Gasteiger partial charge on any atom is -0.0149 e. The second-order valence-electron chi connectivity index (χ2n) is 7.36. The van der Waals surface area contributed by atoms with Gasteiger partial charge in [-0.05, 0) is 30.4 Å². The summed E-state index contributed by atoms with van der Waals surface area (Å²) in [5.74, 6) is 0.863. The number of hydrogen-bond donors (Lipinski definition) is 0. The van der Waals surface area contributed by atoms with E-state index in [0.717, 1.165) is 5.92 Å². The first kappa shape index (κ1) is 20.3. The highest BCUT2D eigenvalue weighted by molar-refractivity contribution is 5.12. The van der Waals surface area contributed by atoms with Crippen molar-refractivity contribution >= 4 is 0 Å². The molecular weight excluding hydrogens is 276 g/mol. The molecule has 0 saturated heterocycles. The van der Waals surface area contributed by atoms with Crippen LogP contribution in [0.15, 0.2) is 24.3 Å². The lowest BCUT2D eigenvalue weighted by Gasteiger charge is -2.11. The van der Waals surface area contributed by atoms with Gasteiger partial charge >= 0.3 is 0 Å². The van der Waals surface area contributed by atoms with Gasteiger partial charge in [0.25, 0.3) is 0 Å². The summed E-state index contributed by atoms with van der Waals surface area (Å²) in [5, 5.41) is 0. The van der Waals surface area contributed by atoms with Crippen molar-refractivity contribution in [2.75, 3.05) is 0 Å². The first-order valence-corrected chi connectivity index (χ1v) is 10.3. The van der Waals surface area contributed by atoms with E-state index < -0.39 is 0 Å². The molecule has 0 aromatic heterocycles. The maximum atomic E-state index is 3.34. The second-order valence-corrected chi connectivity index (χ2v) is 7.36. The Hall–Kier alpha value is -0.780. The van der Waals surface area contributed by atoms with Crippen molar-refractivity contribution in [3.63, 3.8) is 0 Å². The van der Waals surface area contributed by atoms with Crippen LogP contribution in [0.4, 0.5) is 0 Å². The summed E-state index contributed by atoms with van der Waals surface area (Å²) in [6, 6.07) is 11.7. The molecule has 131 valence electrons. The normalized spacial score (nSPS) is 12.4. The largest absolute Gasteiger partial charge is 0.0654 e. The average molecular weight is 316 g/mol. The highest BCUT2D eigenvalue weighted by Crippen LogP contribution is 2.17. The van der Waals surface area contributed by atoms with E-state index in [4.69, 9.17) is 0 Å². The van der Waals surface area contributed by atoms with Crippen molar-refractivity contribution in [1.82, 2.24) is 0 Å². The van der Waals surface area contributed by atoms with Crippen LogP contribution in [0.5, 0.6) is 0 Å². The van der Waals surface area contributed by atoms with Crippen molar-refractivity contribution < 1.29 is 0 Å². The van der Waals surface area contributed by atoms with Crippen LogP contribution >= 0.6 is 0 Å². The Morgan fingerprint density at radius 1 is 0.783 bits per heavy atom. The van der Waals surface area contributed by atoms with Gasteiger partial charge < -0.3 is 0 Å². The van der Waals surface area contributed by atoms with Gasteiger partial charge in [0.1, 0.15) is 0 Å². The number of aryl methyl sites for hydroxylation is 1. The molecule has 1 atom stereocenters. The van der Waals surface area contributed by atoms with Crippen LogP contribution in [-0.2, 0) is 6.42 Å². The summed E-state index contributed by atoms with van der Waals surface area (Å²) < 4.78 is 0. The molecule has 1 aromatic carbocycles. The smallest absolute Gasteiger partial charge is 0.0149 e. The van der Waals surface area contributed by atoms with Gasteiger partial charge in [-0.3, -0.25) is 0 Å². The van der Waals surface area contributed by atoms with Crippen LogP contribution in [-0.4, -0.2) is 0 Å². The second kappa shape index (κ2) is 14.8. The standard InChI is InChI=1S/C23H39/c1-3-4-5-6-7-8-9-10-11-12-14-17-22(2)20-21-23-18-15-13-16-19-23/h13,15-16,18,22H,3-12,14,17,20-21H2,1-2H3. The Labute approximate surface area is 146 Å². The lowest BCUT2D eigenvalue weighted by atomic mass is 9.95. The van der Waals surface area contributed by atoms with Crippen LogP contribution in [0.3, 0.4) is 0 Å². The fraction of sp³-hybridized carbons (Fsp3) is 0.739. The molecule has 0 N–H and O–H groups in total. The van der Waals surface area contributed by atoms with E-state index in [9.17, 15) is 0 Å². The molecule has 0 heteroatoms. The Kier molecular flexibility index (Phi) is 13.0. The van der Waals surface area contributed by atoms with Gasteiger partial charge in [0.15, 0.2) is 0 Å². The molecule has 0 aliphatic rings. The van der Waals surface area contributed by atoms with Crippen molar-refractivity contribution in [2.45, 2.75) is 104 Å². The van der Waals surface area contributed by atoms with Crippen LogP contribution in [0, 0.1) is 12.0 Å². The van der Waals surface area contributed by atoms with Gasteiger partial charge in [-0.25, -0.2) is 0 Å². The number of rotatable bonds is 15. The fourth-order valence-corrected chi connectivity index (χ4v) is 3.29. The predicted molar refractivity (Wildman–Crippen MR) is 104 cm³/mol. The molecule has 1 rings (SSSR count). The van der Waals surface area contributed by atoms with E-state index in [1.807, 2.05) is 6.07 Å². The Morgan fingerprint density at radius 3 is 1.96 bits per heavy atom. The van der Waals surface area contributed by atoms with E-state index in [1.165, 1.54) is 95.5 Å². The van der Waals surface area contributed by atoms with E-state index in [2.05, 4.69) is 38.1 Å². The zero-order valence-corrected chi connectivity index (χ0v) is 15.8. The summed E-state index contributed by atoms with van der Waals surface area (Å²) in [5.41, 5.74) is 1.37. The van der Waals surface area contributed by atoms with Crippen LogP contribution in [0.25, 0.3) is 0 Å². The van der Waals surface area contributed by atoms with Gasteiger partial charge in [0.2, 0.25) is 0 Å². The SMILES string of the molecule is CCCCCCCCCCCCCC(C)CCc1[c]cccc1. The Balaban J connectivity index is 1.83. The first-order valence-electron chi connectivity index (χ1n) is 10.3. The lowest BCUT2D eigenvalue weighted by molar-refractivity contribution is 0.454. The average Bonchev–Trinajstić information content (AvgIpc) is 2.59. The molecule has 0 aliphatic carbocycles. The van der Waals surface area contributed by atoms with Gasteiger partial charge in [-0.15, -0.1) is 0 Å². The zero-order valence-electron chi connectivity index (χ0n) is 15.8. The molecular formula is C23H39. The van der Waals surface area contributed by atoms with Crippen molar-refractivity contribution in [1.29, 1.82) is 0 Å². The molecule has 1 aromatic rings. The van der Waals surface area contributed by atoms with Gasteiger partial charge in [-0.2, -0.15) is 0 Å². The Bertz CT molecular complexity index is 340. The lowest BCUT2D eigenvalue weighted by Crippen LogP contribution is -1.97. The number of benzene rings is 1. The molecule has 0 heterocycles. The molecule has 0 aliphatic heterocycles. The van der Waals surface area contributed by atoms with E-state index in [0.29, 0.717) is 0 Å². The molecule has 0 amide bonds.